The number of halogens is 6. The number of carbonyl (C=O) groups excluding carboxylic acids is 1. The van der Waals surface area contributed by atoms with Crippen molar-refractivity contribution in [2.45, 2.75) is 64.6 Å². The Hall–Kier alpha value is -2.75. The molecule has 2 aliphatic rings. The highest BCUT2D eigenvalue weighted by molar-refractivity contribution is 5.76. The first-order chi connectivity index (χ1) is 18.1. The summed E-state index contributed by atoms with van der Waals surface area (Å²) in [6.07, 6.45) is -9.15. The van der Waals surface area contributed by atoms with E-state index in [-0.39, 0.29) is 23.6 Å². The monoisotopic (exact) mass is 555 g/mol. The Morgan fingerprint density at radius 1 is 0.974 bits per heavy atom. The van der Waals surface area contributed by atoms with Crippen molar-refractivity contribution in [1.29, 1.82) is 0 Å². The van der Waals surface area contributed by atoms with Crippen LogP contribution in [0.3, 0.4) is 0 Å². The number of carbonyl (C=O) groups is 1. The maximum absolute atomic E-state index is 14.0. The van der Waals surface area contributed by atoms with Gasteiger partial charge in [0.1, 0.15) is 0 Å². The van der Waals surface area contributed by atoms with Gasteiger partial charge in [-0.2, -0.15) is 26.3 Å². The van der Waals surface area contributed by atoms with Gasteiger partial charge in [0.2, 0.25) is 0 Å². The van der Waals surface area contributed by atoms with E-state index in [1.165, 1.54) is 18.9 Å². The SMILES string of the molecule is Cc1ccccc1[C@H]1[C@@H]2CN(C(C)C)CC2CCN1C(=O)N(C)C(C)c1ccc(C(F)(F)F)cc1C(F)(F)F. The fourth-order valence-corrected chi connectivity index (χ4v) is 6.14. The van der Waals surface area contributed by atoms with Crippen LogP contribution in [-0.2, 0) is 12.4 Å². The van der Waals surface area contributed by atoms with Crippen LogP contribution in [0.5, 0.6) is 0 Å². The minimum absolute atomic E-state index is 0.130. The van der Waals surface area contributed by atoms with Gasteiger partial charge >= 0.3 is 18.4 Å². The topological polar surface area (TPSA) is 26.8 Å². The molecule has 2 aliphatic heterocycles. The molecule has 0 aromatic heterocycles. The maximum atomic E-state index is 14.0. The van der Waals surface area contributed by atoms with E-state index in [0.717, 1.165) is 36.7 Å². The zero-order chi connectivity index (χ0) is 28.9. The lowest BCUT2D eigenvalue weighted by Crippen LogP contribution is -2.51. The summed E-state index contributed by atoms with van der Waals surface area (Å²) < 4.78 is 81.3. The predicted octanol–water partition coefficient (Wildman–Crippen LogP) is 7.55. The number of aryl methyl sites for hydroxylation is 1. The molecule has 2 aromatic carbocycles. The Kier molecular flexibility index (Phi) is 8.00. The fourth-order valence-electron chi connectivity index (χ4n) is 6.14. The molecule has 0 aliphatic carbocycles. The molecule has 4 rings (SSSR count). The molecule has 0 spiro atoms. The van der Waals surface area contributed by atoms with Gasteiger partial charge in [-0.05, 0) is 68.9 Å². The van der Waals surface area contributed by atoms with Gasteiger partial charge in [-0.3, -0.25) is 0 Å². The largest absolute Gasteiger partial charge is 0.416 e. The number of fused-ring (bicyclic) bond motifs is 1. The molecule has 2 heterocycles. The van der Waals surface area contributed by atoms with E-state index in [9.17, 15) is 31.1 Å². The smallest absolute Gasteiger partial charge is 0.321 e. The van der Waals surface area contributed by atoms with Gasteiger partial charge in [0.15, 0.2) is 0 Å². The molecule has 2 unspecified atom stereocenters. The van der Waals surface area contributed by atoms with E-state index >= 15 is 0 Å². The third kappa shape index (κ3) is 5.76. The predicted molar refractivity (Wildman–Crippen MR) is 137 cm³/mol. The summed E-state index contributed by atoms with van der Waals surface area (Å²) in [5, 5.41) is 0. The first-order valence-electron chi connectivity index (χ1n) is 13.2. The Bertz CT molecular complexity index is 1190. The van der Waals surface area contributed by atoms with Crippen LogP contribution < -0.4 is 0 Å². The van der Waals surface area contributed by atoms with Crippen molar-refractivity contribution >= 4 is 6.03 Å². The summed E-state index contributed by atoms with van der Waals surface area (Å²) in [7, 11) is 1.42. The van der Waals surface area contributed by atoms with Crippen LogP contribution in [0.25, 0.3) is 0 Å². The number of piperidine rings is 1. The summed E-state index contributed by atoms with van der Waals surface area (Å²) >= 11 is 0. The second kappa shape index (κ2) is 10.7. The minimum Gasteiger partial charge on any atom is -0.321 e. The summed E-state index contributed by atoms with van der Waals surface area (Å²) in [5.41, 5.74) is -1.10. The fraction of sp³-hybridized carbons (Fsp3) is 0.552. The zero-order valence-electron chi connectivity index (χ0n) is 22.8. The number of amides is 2. The maximum Gasteiger partial charge on any atom is 0.416 e. The van der Waals surface area contributed by atoms with E-state index < -0.39 is 35.6 Å². The van der Waals surface area contributed by atoms with E-state index in [0.29, 0.717) is 24.6 Å². The van der Waals surface area contributed by atoms with Crippen LogP contribution in [0, 0.1) is 18.8 Å². The van der Waals surface area contributed by atoms with Gasteiger partial charge < -0.3 is 14.7 Å². The number of hydrogen-bond acceptors (Lipinski definition) is 2. The molecular formula is C29H35F6N3O. The molecule has 2 saturated heterocycles. The van der Waals surface area contributed by atoms with Crippen molar-refractivity contribution in [2.24, 2.45) is 11.8 Å². The standard InChI is InChI=1S/C29H35F6N3O/c1-17(2)37-15-20-12-13-38(26(24(20)16-37)22-9-7-6-8-18(22)3)27(39)36(5)19(4)23-11-10-21(28(30,31)32)14-25(23)29(33,34)35/h6-11,14,17,19-20,24,26H,12-13,15-16H2,1-5H3/t19?,20?,24-,26+/m1/s1. The number of nitrogens with zero attached hydrogens (tertiary/aromatic N) is 3. The van der Waals surface area contributed by atoms with Crippen LogP contribution in [0.15, 0.2) is 42.5 Å². The number of benzene rings is 2. The molecule has 0 saturated carbocycles. The third-order valence-electron chi connectivity index (χ3n) is 8.50. The number of likely N-dealkylation sites (tertiary alicyclic amines) is 2. The van der Waals surface area contributed by atoms with Gasteiger partial charge in [0.05, 0.1) is 23.2 Å². The van der Waals surface area contributed by atoms with Crippen LogP contribution in [0.2, 0.25) is 0 Å². The lowest BCUT2D eigenvalue weighted by atomic mass is 9.78. The number of hydrogen-bond donors (Lipinski definition) is 0. The lowest BCUT2D eigenvalue weighted by molar-refractivity contribution is -0.143. The summed E-state index contributed by atoms with van der Waals surface area (Å²) in [6, 6.07) is 7.99. The highest BCUT2D eigenvalue weighted by atomic mass is 19.4. The Morgan fingerprint density at radius 3 is 2.23 bits per heavy atom. The first-order valence-corrected chi connectivity index (χ1v) is 13.2. The number of alkyl halides is 6. The van der Waals surface area contributed by atoms with Gasteiger partial charge in [-0.1, -0.05) is 30.3 Å². The highest BCUT2D eigenvalue weighted by Gasteiger charge is 2.48. The zero-order valence-corrected chi connectivity index (χ0v) is 22.8. The van der Waals surface area contributed by atoms with Gasteiger partial charge in [-0.15, -0.1) is 0 Å². The lowest BCUT2D eigenvalue weighted by Gasteiger charge is -2.45. The van der Waals surface area contributed by atoms with Gasteiger partial charge in [0, 0.05) is 38.6 Å². The van der Waals surface area contributed by atoms with Crippen molar-refractivity contribution in [3.05, 3.63) is 70.3 Å². The summed E-state index contributed by atoms with van der Waals surface area (Å²) in [6.45, 7) is 9.87. The molecular weight excluding hydrogens is 520 g/mol. The van der Waals surface area contributed by atoms with E-state index in [1.54, 1.807) is 4.90 Å². The molecule has 4 atom stereocenters. The van der Waals surface area contributed by atoms with E-state index in [1.807, 2.05) is 31.2 Å². The molecule has 0 N–H and O–H groups in total. The molecule has 2 fully saturated rings. The van der Waals surface area contributed by atoms with Crippen molar-refractivity contribution in [2.75, 3.05) is 26.7 Å². The molecule has 10 heteroatoms. The molecule has 39 heavy (non-hydrogen) atoms. The van der Waals surface area contributed by atoms with Crippen molar-refractivity contribution < 1.29 is 31.1 Å². The summed E-state index contributed by atoms with van der Waals surface area (Å²) in [4.78, 5) is 19.3. The Morgan fingerprint density at radius 2 is 1.64 bits per heavy atom. The molecule has 0 bridgehead atoms. The second-order valence-corrected chi connectivity index (χ2v) is 11.1. The van der Waals surface area contributed by atoms with Crippen LogP contribution >= 0.6 is 0 Å². The average Bonchev–Trinajstić information content (AvgIpc) is 3.31. The Balaban J connectivity index is 1.69. The third-order valence-corrected chi connectivity index (χ3v) is 8.50. The average molecular weight is 556 g/mol. The van der Waals surface area contributed by atoms with E-state index in [2.05, 4.69) is 18.7 Å². The van der Waals surface area contributed by atoms with Crippen LogP contribution in [0.1, 0.15) is 67.1 Å². The van der Waals surface area contributed by atoms with Gasteiger partial charge in [-0.25, -0.2) is 4.79 Å². The normalized spacial score (nSPS) is 23.2. The van der Waals surface area contributed by atoms with Crippen LogP contribution in [-0.4, -0.2) is 53.5 Å². The molecule has 2 amide bonds. The minimum atomic E-state index is -5.01. The Labute approximate surface area is 225 Å². The summed E-state index contributed by atoms with van der Waals surface area (Å²) in [5.74, 6) is 0.544. The van der Waals surface area contributed by atoms with E-state index in [4.69, 9.17) is 0 Å². The highest BCUT2D eigenvalue weighted by Crippen LogP contribution is 2.46. The van der Waals surface area contributed by atoms with Crippen molar-refractivity contribution in [3.8, 4) is 0 Å². The second-order valence-electron chi connectivity index (χ2n) is 11.1. The van der Waals surface area contributed by atoms with Crippen molar-refractivity contribution in [3.63, 3.8) is 0 Å². The van der Waals surface area contributed by atoms with Gasteiger partial charge in [0.25, 0.3) is 0 Å². The van der Waals surface area contributed by atoms with Crippen LogP contribution in [0.4, 0.5) is 31.1 Å². The van der Waals surface area contributed by atoms with Crippen molar-refractivity contribution in [1.82, 2.24) is 14.7 Å². The molecule has 4 nitrogen and oxygen atoms in total. The quantitative estimate of drug-likeness (QED) is 0.364. The molecule has 214 valence electrons. The molecule has 0 radical (unpaired) electrons. The molecule has 2 aromatic rings. The number of rotatable bonds is 4. The first kappa shape index (κ1) is 29.2. The number of urea groups is 1.